The number of nitrogens with zero attached hydrogens (tertiary/aromatic N) is 3. The summed E-state index contributed by atoms with van der Waals surface area (Å²) in [4.78, 5) is 13.4. The second-order valence-electron chi connectivity index (χ2n) is 11.2. The van der Waals surface area contributed by atoms with Crippen molar-refractivity contribution in [3.63, 3.8) is 0 Å². The van der Waals surface area contributed by atoms with Crippen LogP contribution < -0.4 is 0 Å². The molecule has 162 valence electrons. The Hall–Kier alpha value is -1.20. The van der Waals surface area contributed by atoms with E-state index in [1.54, 1.807) is 16.9 Å². The molecule has 9 atom stereocenters. The largest absolute Gasteiger partial charge is 0.297 e. The van der Waals surface area contributed by atoms with Gasteiger partial charge in [0.1, 0.15) is 6.07 Å². The molecule has 1 aromatic heterocycles. The smallest absolute Gasteiger partial charge is 0.162 e. The lowest BCUT2D eigenvalue weighted by atomic mass is 9.68. The maximum Gasteiger partial charge on any atom is 0.162 e. The van der Waals surface area contributed by atoms with Gasteiger partial charge in [-0.3, -0.25) is 9.48 Å². The minimum atomic E-state index is 0.0407. The molecule has 2 aliphatic carbocycles. The van der Waals surface area contributed by atoms with Crippen molar-refractivity contribution >= 4 is 13.7 Å². The van der Waals surface area contributed by atoms with E-state index in [2.05, 4.69) is 31.9 Å². The standard InChI is InChI=1S/C25H36N3OP/c1-16-4-5-20-18(12-16)8-11-30-23(20)6-9-25(3)21(13-17(2)24(25)30)22(29)15-28-10-7-19(14-26)27-28/h7,10,16-18,20-21,23-24H,4-6,8-9,11-13,15H2,1-3H3. The third-order valence-electron chi connectivity index (χ3n) is 9.40. The maximum atomic E-state index is 13.4. The number of carbonyl (C=O) groups is 1. The van der Waals surface area contributed by atoms with Crippen LogP contribution in [0.3, 0.4) is 0 Å². The van der Waals surface area contributed by atoms with Crippen molar-refractivity contribution in [1.29, 1.82) is 5.26 Å². The van der Waals surface area contributed by atoms with Crippen molar-refractivity contribution in [2.45, 2.75) is 83.6 Å². The summed E-state index contributed by atoms with van der Waals surface area (Å²) >= 11 is 0. The number of Topliss-reactive ketones (excluding diaryl/α,β-unsaturated/α-hetero) is 1. The average molecular weight is 426 g/mol. The Morgan fingerprint density at radius 3 is 2.90 bits per heavy atom. The predicted molar refractivity (Wildman–Crippen MR) is 121 cm³/mol. The topological polar surface area (TPSA) is 58.7 Å². The van der Waals surface area contributed by atoms with E-state index in [9.17, 15) is 4.79 Å². The monoisotopic (exact) mass is 425 g/mol. The van der Waals surface area contributed by atoms with Crippen LogP contribution in [0.25, 0.3) is 0 Å². The van der Waals surface area contributed by atoms with Gasteiger partial charge < -0.3 is 0 Å². The van der Waals surface area contributed by atoms with Gasteiger partial charge in [0.05, 0.1) is 6.54 Å². The minimum absolute atomic E-state index is 0.0407. The highest BCUT2D eigenvalue weighted by molar-refractivity contribution is 7.59. The van der Waals surface area contributed by atoms with E-state index in [-0.39, 0.29) is 19.3 Å². The molecular weight excluding hydrogens is 389 g/mol. The summed E-state index contributed by atoms with van der Waals surface area (Å²) in [5.41, 5.74) is 2.32. The molecule has 2 aliphatic heterocycles. The Kier molecular flexibility index (Phi) is 5.34. The number of rotatable bonds is 3. The van der Waals surface area contributed by atoms with E-state index >= 15 is 0 Å². The molecule has 9 unspecified atom stereocenters. The van der Waals surface area contributed by atoms with E-state index in [4.69, 9.17) is 5.26 Å². The van der Waals surface area contributed by atoms with Crippen LogP contribution in [0, 0.1) is 46.3 Å². The number of nitriles is 1. The van der Waals surface area contributed by atoms with Gasteiger partial charge in [-0.1, -0.05) is 35.1 Å². The first-order chi connectivity index (χ1) is 14.4. The molecule has 1 aromatic rings. The van der Waals surface area contributed by atoms with E-state index < -0.39 is 0 Å². The Morgan fingerprint density at radius 2 is 2.13 bits per heavy atom. The Balaban J connectivity index is 1.35. The van der Waals surface area contributed by atoms with Crippen LogP contribution in [0.1, 0.15) is 71.4 Å². The Bertz CT molecular complexity index is 859. The number of hydrogen-bond acceptors (Lipinski definition) is 3. The molecule has 30 heavy (non-hydrogen) atoms. The molecule has 2 saturated carbocycles. The van der Waals surface area contributed by atoms with Crippen LogP contribution in [0.4, 0.5) is 0 Å². The Morgan fingerprint density at radius 1 is 1.30 bits per heavy atom. The lowest BCUT2D eigenvalue weighted by molar-refractivity contribution is -0.126. The zero-order valence-electron chi connectivity index (χ0n) is 18.8. The number of aromatic nitrogens is 2. The summed E-state index contributed by atoms with van der Waals surface area (Å²) in [5, 5.41) is 13.3. The van der Waals surface area contributed by atoms with Gasteiger partial charge in [-0.25, -0.2) is 0 Å². The van der Waals surface area contributed by atoms with E-state index in [1.165, 1.54) is 44.7 Å². The molecule has 5 rings (SSSR count). The van der Waals surface area contributed by atoms with Crippen molar-refractivity contribution in [3.8, 4) is 6.07 Å². The summed E-state index contributed by atoms with van der Waals surface area (Å²) < 4.78 is 1.67. The highest BCUT2D eigenvalue weighted by Gasteiger charge is 2.60. The van der Waals surface area contributed by atoms with Gasteiger partial charge in [0, 0.05) is 12.1 Å². The summed E-state index contributed by atoms with van der Waals surface area (Å²) in [6, 6.07) is 3.77. The lowest BCUT2D eigenvalue weighted by Gasteiger charge is -2.57. The average Bonchev–Trinajstić information content (AvgIpc) is 3.29. The molecule has 0 radical (unpaired) electrons. The highest BCUT2D eigenvalue weighted by Crippen LogP contribution is 2.73. The van der Waals surface area contributed by atoms with Gasteiger partial charge in [0.2, 0.25) is 0 Å². The highest BCUT2D eigenvalue weighted by atomic mass is 31.1. The molecule has 0 amide bonds. The van der Waals surface area contributed by atoms with Crippen molar-refractivity contribution in [1.82, 2.24) is 9.78 Å². The zero-order valence-corrected chi connectivity index (χ0v) is 19.7. The van der Waals surface area contributed by atoms with Crippen LogP contribution in [0.5, 0.6) is 0 Å². The van der Waals surface area contributed by atoms with Gasteiger partial charge in [-0.2, -0.15) is 10.4 Å². The molecule has 2 saturated heterocycles. The molecule has 4 fully saturated rings. The van der Waals surface area contributed by atoms with Crippen LogP contribution >= 0.6 is 7.92 Å². The van der Waals surface area contributed by atoms with Crippen LogP contribution in [0.2, 0.25) is 0 Å². The van der Waals surface area contributed by atoms with Crippen molar-refractivity contribution < 1.29 is 4.79 Å². The predicted octanol–water partition coefficient (Wildman–Crippen LogP) is 5.46. The summed E-state index contributed by atoms with van der Waals surface area (Å²) in [6.07, 6.45) is 12.7. The van der Waals surface area contributed by atoms with E-state index in [0.29, 0.717) is 23.9 Å². The van der Waals surface area contributed by atoms with E-state index in [1.807, 2.05) is 0 Å². The molecule has 0 N–H and O–H groups in total. The summed E-state index contributed by atoms with van der Waals surface area (Å²) in [6.45, 7) is 7.68. The molecule has 0 bridgehead atoms. The van der Waals surface area contributed by atoms with Crippen LogP contribution in [0.15, 0.2) is 12.3 Å². The molecule has 3 heterocycles. The fourth-order valence-electron chi connectivity index (χ4n) is 8.20. The first-order valence-electron chi connectivity index (χ1n) is 12.1. The van der Waals surface area contributed by atoms with Gasteiger partial charge in [0.25, 0.3) is 0 Å². The maximum absolute atomic E-state index is 13.4. The third-order valence-corrected chi connectivity index (χ3v) is 13.5. The molecule has 0 aromatic carbocycles. The quantitative estimate of drug-likeness (QED) is 0.605. The molecule has 4 aliphatic rings. The second kappa shape index (κ2) is 7.74. The number of fused-ring (bicyclic) bond motifs is 5. The minimum Gasteiger partial charge on any atom is -0.297 e. The van der Waals surface area contributed by atoms with Gasteiger partial charge in [-0.15, -0.1) is 0 Å². The number of carbonyl (C=O) groups excluding carboxylic acids is 1. The van der Waals surface area contributed by atoms with Crippen molar-refractivity contribution in [2.75, 3.05) is 6.16 Å². The fraction of sp³-hybridized carbons (Fsp3) is 0.800. The molecule has 5 heteroatoms. The van der Waals surface area contributed by atoms with Crippen LogP contribution in [-0.4, -0.2) is 33.0 Å². The van der Waals surface area contributed by atoms with Gasteiger partial charge in [0.15, 0.2) is 11.5 Å². The van der Waals surface area contributed by atoms with Crippen molar-refractivity contribution in [3.05, 3.63) is 18.0 Å². The number of ketones is 1. The molecule has 0 spiro atoms. The van der Waals surface area contributed by atoms with Crippen molar-refractivity contribution in [2.24, 2.45) is 35.0 Å². The molecule has 4 nitrogen and oxygen atoms in total. The normalized spacial score (nSPS) is 45.1. The lowest BCUT2D eigenvalue weighted by Crippen LogP contribution is -2.48. The van der Waals surface area contributed by atoms with E-state index in [0.717, 1.165) is 35.5 Å². The SMILES string of the molecule is CC1CCC2C(CCP3C2CCC2(C)C(C(=O)Cn4ccc(C#N)n4)CC(C)C32)C1. The second-order valence-corrected chi connectivity index (χ2v) is 13.9. The third kappa shape index (κ3) is 3.28. The van der Waals surface area contributed by atoms with Gasteiger partial charge in [-0.05, 0) is 91.2 Å². The fourth-order valence-corrected chi connectivity index (χ4v) is 13.0. The number of hydrogen-bond donors (Lipinski definition) is 0. The first kappa shape index (κ1) is 20.7. The first-order valence-corrected chi connectivity index (χ1v) is 13.8. The molecular formula is C25H36N3OP. The summed E-state index contributed by atoms with van der Waals surface area (Å²) in [5.74, 6) is 4.09. The zero-order chi connectivity index (χ0) is 21.0. The Labute approximate surface area is 182 Å². The summed E-state index contributed by atoms with van der Waals surface area (Å²) in [7, 11) is 0.0407. The van der Waals surface area contributed by atoms with Gasteiger partial charge >= 0.3 is 0 Å². The van der Waals surface area contributed by atoms with Crippen LogP contribution in [-0.2, 0) is 11.3 Å².